The van der Waals surface area contributed by atoms with E-state index in [4.69, 9.17) is 10.5 Å². The number of hydrogen-bond acceptors (Lipinski definition) is 6. The molecule has 2 rings (SSSR count). The van der Waals surface area contributed by atoms with Crippen molar-refractivity contribution in [3.8, 4) is 0 Å². The fourth-order valence-corrected chi connectivity index (χ4v) is 2.70. The summed E-state index contributed by atoms with van der Waals surface area (Å²) in [5.74, 6) is -1.12. The maximum absolute atomic E-state index is 12.3. The highest BCUT2D eigenvalue weighted by Gasteiger charge is 2.22. The number of nitrogens with zero attached hydrogens (tertiary/aromatic N) is 1. The summed E-state index contributed by atoms with van der Waals surface area (Å²) in [5.41, 5.74) is 6.14. The van der Waals surface area contributed by atoms with Gasteiger partial charge < -0.3 is 15.8 Å². The van der Waals surface area contributed by atoms with E-state index in [9.17, 15) is 19.7 Å². The Labute approximate surface area is 162 Å². The van der Waals surface area contributed by atoms with E-state index in [1.54, 1.807) is 0 Å². The van der Waals surface area contributed by atoms with Crippen molar-refractivity contribution >= 4 is 23.3 Å². The van der Waals surface area contributed by atoms with Gasteiger partial charge in [0, 0.05) is 18.5 Å². The lowest BCUT2D eigenvalue weighted by Crippen LogP contribution is -2.38. The Bertz CT molecular complexity index is 854. The third-order valence-corrected chi connectivity index (χ3v) is 4.40. The second-order valence-corrected chi connectivity index (χ2v) is 6.34. The average Bonchev–Trinajstić information content (AvgIpc) is 2.69. The molecule has 0 saturated carbocycles. The molecule has 2 atom stereocenters. The number of nitro groups is 1. The first-order valence-corrected chi connectivity index (χ1v) is 8.91. The number of ether oxygens (including phenoxy) is 1. The van der Waals surface area contributed by atoms with Gasteiger partial charge in [-0.25, -0.2) is 4.79 Å². The van der Waals surface area contributed by atoms with Crippen molar-refractivity contribution in [1.29, 1.82) is 0 Å². The molecule has 1 amide bonds. The predicted molar refractivity (Wildman–Crippen MR) is 105 cm³/mol. The molecule has 8 nitrogen and oxygen atoms in total. The molecule has 2 aromatic carbocycles. The highest BCUT2D eigenvalue weighted by molar-refractivity contribution is 5.93. The van der Waals surface area contributed by atoms with E-state index in [0.29, 0.717) is 6.54 Å². The van der Waals surface area contributed by atoms with Crippen LogP contribution in [0.15, 0.2) is 48.5 Å². The Kier molecular flexibility index (Phi) is 7.08. The summed E-state index contributed by atoms with van der Waals surface area (Å²) < 4.78 is 5.13. The van der Waals surface area contributed by atoms with Gasteiger partial charge in [0.05, 0.1) is 10.5 Å². The first kappa shape index (κ1) is 20.9. The number of nitrogens with two attached hydrogens (primary N) is 1. The number of esters is 1. The zero-order valence-corrected chi connectivity index (χ0v) is 15.8. The van der Waals surface area contributed by atoms with Crippen molar-refractivity contribution in [1.82, 2.24) is 5.32 Å². The molecule has 0 bridgehead atoms. The molecule has 0 unspecified atom stereocenters. The number of carbonyl (C=O) groups excluding carboxylic acids is 2. The normalized spacial score (nSPS) is 12.6. The standard InChI is InChI=1S/C20H23N3O5/c1-3-14(15-7-5-4-6-8-15)12-22-19(24)13(2)28-20(25)16-9-10-17(21)18(11-16)23(26)27/h4-11,13-14H,3,12,21H2,1-2H3,(H,22,24)/t13-,14-/m0/s1. The van der Waals surface area contributed by atoms with Crippen molar-refractivity contribution in [3.63, 3.8) is 0 Å². The van der Waals surface area contributed by atoms with Crippen molar-refractivity contribution in [2.75, 3.05) is 12.3 Å². The zero-order valence-electron chi connectivity index (χ0n) is 15.8. The smallest absolute Gasteiger partial charge is 0.339 e. The van der Waals surface area contributed by atoms with E-state index in [1.165, 1.54) is 19.1 Å². The van der Waals surface area contributed by atoms with Crippen LogP contribution >= 0.6 is 0 Å². The Balaban J connectivity index is 1.95. The minimum atomic E-state index is -1.04. The molecule has 0 fully saturated rings. The largest absolute Gasteiger partial charge is 0.449 e. The quantitative estimate of drug-likeness (QED) is 0.311. The van der Waals surface area contributed by atoms with Crippen molar-refractivity contribution < 1.29 is 19.2 Å². The number of nitro benzene ring substituents is 1. The average molecular weight is 385 g/mol. The van der Waals surface area contributed by atoms with Crippen LogP contribution in [-0.2, 0) is 9.53 Å². The van der Waals surface area contributed by atoms with Gasteiger partial charge in [0.2, 0.25) is 0 Å². The monoisotopic (exact) mass is 385 g/mol. The molecule has 0 aliphatic carbocycles. The number of rotatable bonds is 8. The van der Waals surface area contributed by atoms with Crippen LogP contribution < -0.4 is 11.1 Å². The Hall–Kier alpha value is -3.42. The zero-order chi connectivity index (χ0) is 20.7. The second kappa shape index (κ2) is 9.50. The van der Waals surface area contributed by atoms with E-state index in [1.807, 2.05) is 37.3 Å². The van der Waals surface area contributed by atoms with Gasteiger partial charge in [-0.15, -0.1) is 0 Å². The molecule has 0 spiro atoms. The lowest BCUT2D eigenvalue weighted by Gasteiger charge is -2.18. The lowest BCUT2D eigenvalue weighted by atomic mass is 9.96. The first-order chi connectivity index (χ1) is 13.3. The molecule has 0 aromatic heterocycles. The minimum absolute atomic E-state index is 0.0451. The van der Waals surface area contributed by atoms with Crippen LogP contribution in [0.1, 0.15) is 42.1 Å². The van der Waals surface area contributed by atoms with Gasteiger partial charge in [0.15, 0.2) is 6.10 Å². The van der Waals surface area contributed by atoms with Gasteiger partial charge in [-0.05, 0) is 31.0 Å². The number of amides is 1. The van der Waals surface area contributed by atoms with Gasteiger partial charge in [-0.2, -0.15) is 0 Å². The van der Waals surface area contributed by atoms with Crippen LogP contribution in [0.25, 0.3) is 0 Å². The van der Waals surface area contributed by atoms with Crippen molar-refractivity contribution in [2.45, 2.75) is 32.3 Å². The van der Waals surface area contributed by atoms with E-state index < -0.39 is 22.9 Å². The molecule has 0 saturated heterocycles. The minimum Gasteiger partial charge on any atom is -0.449 e. The molecule has 148 valence electrons. The summed E-state index contributed by atoms with van der Waals surface area (Å²) in [5, 5.41) is 13.7. The fourth-order valence-electron chi connectivity index (χ4n) is 2.70. The third kappa shape index (κ3) is 5.29. The lowest BCUT2D eigenvalue weighted by molar-refractivity contribution is -0.383. The number of carbonyl (C=O) groups is 2. The van der Waals surface area contributed by atoms with Crippen molar-refractivity contribution in [3.05, 3.63) is 69.8 Å². The van der Waals surface area contributed by atoms with E-state index in [-0.39, 0.29) is 22.9 Å². The van der Waals surface area contributed by atoms with E-state index in [0.717, 1.165) is 18.1 Å². The molecule has 28 heavy (non-hydrogen) atoms. The number of benzene rings is 2. The van der Waals surface area contributed by atoms with Gasteiger partial charge in [0.25, 0.3) is 11.6 Å². The molecule has 8 heteroatoms. The fraction of sp³-hybridized carbons (Fsp3) is 0.300. The Morgan fingerprint density at radius 1 is 1.21 bits per heavy atom. The molecule has 0 heterocycles. The van der Waals surface area contributed by atoms with E-state index in [2.05, 4.69) is 5.32 Å². The summed E-state index contributed by atoms with van der Waals surface area (Å²) in [6, 6.07) is 13.4. The SMILES string of the molecule is CC[C@@H](CNC(=O)[C@H](C)OC(=O)c1ccc(N)c([N+](=O)[O-])c1)c1ccccc1. The molecule has 0 aliphatic rings. The number of anilines is 1. The summed E-state index contributed by atoms with van der Waals surface area (Å²) in [6.07, 6.45) is -0.203. The van der Waals surface area contributed by atoms with Crippen LogP contribution in [0.4, 0.5) is 11.4 Å². The maximum atomic E-state index is 12.3. The van der Waals surface area contributed by atoms with Gasteiger partial charge in [0.1, 0.15) is 5.69 Å². The molecule has 3 N–H and O–H groups in total. The summed E-state index contributed by atoms with van der Waals surface area (Å²) in [4.78, 5) is 34.7. The number of nitrogen functional groups attached to an aromatic ring is 1. The Morgan fingerprint density at radius 2 is 1.89 bits per heavy atom. The second-order valence-electron chi connectivity index (χ2n) is 6.34. The maximum Gasteiger partial charge on any atom is 0.339 e. The van der Waals surface area contributed by atoms with Gasteiger partial charge >= 0.3 is 5.97 Å². The molecule has 0 aliphatic heterocycles. The van der Waals surface area contributed by atoms with Gasteiger partial charge in [-0.1, -0.05) is 37.3 Å². The highest BCUT2D eigenvalue weighted by Crippen LogP contribution is 2.23. The van der Waals surface area contributed by atoms with Crippen LogP contribution in [0, 0.1) is 10.1 Å². The van der Waals surface area contributed by atoms with E-state index >= 15 is 0 Å². The van der Waals surface area contributed by atoms with Gasteiger partial charge in [-0.3, -0.25) is 14.9 Å². The van der Waals surface area contributed by atoms with Crippen molar-refractivity contribution in [2.24, 2.45) is 0 Å². The summed E-state index contributed by atoms with van der Waals surface area (Å²) >= 11 is 0. The predicted octanol–water partition coefficient (Wildman–Crippen LogP) is 3.03. The highest BCUT2D eigenvalue weighted by atomic mass is 16.6. The van der Waals surface area contributed by atoms with Crippen LogP contribution in [-0.4, -0.2) is 29.4 Å². The van der Waals surface area contributed by atoms with Crippen LogP contribution in [0.2, 0.25) is 0 Å². The molecular weight excluding hydrogens is 362 g/mol. The Morgan fingerprint density at radius 3 is 2.50 bits per heavy atom. The molecule has 0 radical (unpaired) electrons. The number of nitrogens with one attached hydrogen (secondary N) is 1. The van der Waals surface area contributed by atoms with Crippen LogP contribution in [0.5, 0.6) is 0 Å². The summed E-state index contributed by atoms with van der Waals surface area (Å²) in [6.45, 7) is 3.89. The molecular formula is C20H23N3O5. The topological polar surface area (TPSA) is 125 Å². The van der Waals surface area contributed by atoms with Crippen LogP contribution in [0.3, 0.4) is 0 Å². The molecule has 2 aromatic rings. The number of hydrogen-bond donors (Lipinski definition) is 2. The summed E-state index contributed by atoms with van der Waals surface area (Å²) in [7, 11) is 0. The first-order valence-electron chi connectivity index (χ1n) is 8.91. The third-order valence-electron chi connectivity index (χ3n) is 4.40.